The van der Waals surface area contributed by atoms with Gasteiger partial charge in [-0.25, -0.2) is 0 Å². The first-order valence-electron chi connectivity index (χ1n) is 2.48. The third kappa shape index (κ3) is 1.33. The molecule has 3 N–H and O–H groups in total. The first-order valence-corrected chi connectivity index (χ1v) is 4.21. The summed E-state index contributed by atoms with van der Waals surface area (Å²) in [5.41, 5.74) is 5.41. The van der Waals surface area contributed by atoms with Crippen LogP contribution in [0.5, 0.6) is 0 Å². The molecule has 1 unspecified atom stereocenters. The molecule has 1 fully saturated rings. The van der Waals surface area contributed by atoms with E-state index in [9.17, 15) is 0 Å². The molecular weight excluding hydrogens is 108 g/mol. The van der Waals surface area contributed by atoms with Crippen molar-refractivity contribution in [2.24, 2.45) is 5.73 Å². The lowest BCUT2D eigenvalue weighted by molar-refractivity contribution is 0.885. The maximum Gasteiger partial charge on any atom is 0.161 e. The average molecular weight is 119 g/mol. The summed E-state index contributed by atoms with van der Waals surface area (Å²) in [6, 6.07) is 0. The predicted molar refractivity (Wildman–Crippen MR) is 34.2 cm³/mol. The molecule has 0 aromatic heterocycles. The minimum Gasteiger partial charge on any atom is -0.289 e. The van der Waals surface area contributed by atoms with Gasteiger partial charge in [0, 0.05) is 17.4 Å². The van der Waals surface area contributed by atoms with E-state index in [0.29, 0.717) is 10.9 Å². The van der Waals surface area contributed by atoms with E-state index in [1.807, 2.05) is 0 Å². The van der Waals surface area contributed by atoms with E-state index in [0.717, 1.165) is 11.8 Å². The van der Waals surface area contributed by atoms with E-state index >= 15 is 0 Å². The van der Waals surface area contributed by atoms with Gasteiger partial charge in [0.2, 0.25) is 0 Å². The number of hydrogen-bond donors (Lipinski definition) is 2. The lowest BCUT2D eigenvalue weighted by atomic mass is 10.8. The molecule has 1 aliphatic heterocycles. The maximum absolute atomic E-state index is 5.41. The summed E-state index contributed by atoms with van der Waals surface area (Å²) in [4.78, 5) is 0. The van der Waals surface area contributed by atoms with Crippen molar-refractivity contribution in [2.75, 3.05) is 24.1 Å². The van der Waals surface area contributed by atoms with Crippen LogP contribution in [-0.2, 0) is 10.9 Å². The molecule has 0 aromatic carbocycles. The molecule has 0 aromatic rings. The van der Waals surface area contributed by atoms with Crippen LogP contribution < -0.4 is 11.1 Å². The van der Waals surface area contributed by atoms with Gasteiger partial charge in [0.15, 0.2) is 11.8 Å². The van der Waals surface area contributed by atoms with E-state index in [2.05, 4.69) is 5.32 Å². The highest BCUT2D eigenvalue weighted by Gasteiger charge is 2.20. The molecule has 2 nitrogen and oxygen atoms in total. The van der Waals surface area contributed by atoms with Crippen molar-refractivity contribution in [1.29, 1.82) is 0 Å². The molecule has 1 atom stereocenters. The predicted octanol–water partition coefficient (Wildman–Crippen LogP) is -0.918. The Balaban J connectivity index is 2.14. The lowest BCUT2D eigenvalue weighted by Gasteiger charge is -1.89. The van der Waals surface area contributed by atoms with E-state index in [1.165, 1.54) is 12.3 Å². The molecule has 3 heteroatoms. The molecule has 0 spiro atoms. The highest BCUT2D eigenvalue weighted by molar-refractivity contribution is 7.97. The van der Waals surface area contributed by atoms with Gasteiger partial charge in [-0.15, -0.1) is 0 Å². The first-order chi connectivity index (χ1) is 3.43. The SMILES string of the molecule is NC[S+]1CCNC1. The monoisotopic (exact) mass is 119 g/mol. The smallest absolute Gasteiger partial charge is 0.161 e. The average Bonchev–Trinajstić information content (AvgIpc) is 2.14. The van der Waals surface area contributed by atoms with Gasteiger partial charge >= 0.3 is 0 Å². The van der Waals surface area contributed by atoms with E-state index in [-0.39, 0.29) is 0 Å². The van der Waals surface area contributed by atoms with Crippen LogP contribution >= 0.6 is 0 Å². The van der Waals surface area contributed by atoms with Crippen LogP contribution in [0.3, 0.4) is 0 Å². The minimum atomic E-state index is 0.532. The summed E-state index contributed by atoms with van der Waals surface area (Å²) in [5.74, 6) is 3.35. The van der Waals surface area contributed by atoms with Crippen LogP contribution in [0.1, 0.15) is 0 Å². The van der Waals surface area contributed by atoms with Crippen molar-refractivity contribution in [3.05, 3.63) is 0 Å². The van der Waals surface area contributed by atoms with Crippen LogP contribution in [0.25, 0.3) is 0 Å². The fourth-order valence-corrected chi connectivity index (χ4v) is 1.94. The van der Waals surface area contributed by atoms with Crippen molar-refractivity contribution in [2.45, 2.75) is 0 Å². The largest absolute Gasteiger partial charge is 0.289 e. The second kappa shape index (κ2) is 2.55. The molecule has 0 bridgehead atoms. The van der Waals surface area contributed by atoms with Crippen molar-refractivity contribution >= 4 is 10.9 Å². The quantitative estimate of drug-likeness (QED) is 0.438. The molecule has 1 rings (SSSR count). The Morgan fingerprint density at radius 2 is 2.57 bits per heavy atom. The minimum absolute atomic E-state index is 0.532. The third-order valence-electron chi connectivity index (χ3n) is 1.11. The third-order valence-corrected chi connectivity index (χ3v) is 2.97. The van der Waals surface area contributed by atoms with Crippen LogP contribution in [0.2, 0.25) is 0 Å². The molecule has 0 aliphatic carbocycles. The van der Waals surface area contributed by atoms with Gasteiger partial charge in [-0.05, 0) is 0 Å². The van der Waals surface area contributed by atoms with Crippen molar-refractivity contribution < 1.29 is 0 Å². The number of hydrogen-bond acceptors (Lipinski definition) is 2. The van der Waals surface area contributed by atoms with E-state index in [1.54, 1.807) is 0 Å². The zero-order chi connectivity index (χ0) is 5.11. The van der Waals surface area contributed by atoms with Gasteiger partial charge < -0.3 is 0 Å². The van der Waals surface area contributed by atoms with Crippen LogP contribution in [0.15, 0.2) is 0 Å². The van der Waals surface area contributed by atoms with Gasteiger partial charge in [0.25, 0.3) is 0 Å². The Labute approximate surface area is 46.8 Å². The Bertz CT molecular complexity index is 51.7. The highest BCUT2D eigenvalue weighted by atomic mass is 32.2. The summed E-state index contributed by atoms with van der Waals surface area (Å²) < 4.78 is 0. The van der Waals surface area contributed by atoms with Gasteiger partial charge in [0.1, 0.15) is 5.75 Å². The standard InChI is InChI=1S/C4H11N2S/c5-3-7-2-1-6-4-7/h6H,1-5H2/q+1. The zero-order valence-corrected chi connectivity index (χ0v) is 5.13. The van der Waals surface area contributed by atoms with Crippen molar-refractivity contribution in [3.63, 3.8) is 0 Å². The van der Waals surface area contributed by atoms with Crippen LogP contribution in [0.4, 0.5) is 0 Å². The number of nitrogens with two attached hydrogens (primary N) is 1. The molecular formula is C4H11N2S+. The second-order valence-corrected chi connectivity index (χ2v) is 3.88. The normalized spacial score (nSPS) is 31.3. The first kappa shape index (κ1) is 5.41. The second-order valence-electron chi connectivity index (χ2n) is 1.63. The molecule has 0 amide bonds. The molecule has 0 saturated carbocycles. The summed E-state index contributed by atoms with van der Waals surface area (Å²) in [6.07, 6.45) is 0. The topological polar surface area (TPSA) is 38.0 Å². The van der Waals surface area contributed by atoms with E-state index < -0.39 is 0 Å². The summed E-state index contributed by atoms with van der Waals surface area (Å²) in [5, 5.41) is 3.26. The Morgan fingerprint density at radius 3 is 2.86 bits per heavy atom. The van der Waals surface area contributed by atoms with Gasteiger partial charge in [0.05, 0.1) is 0 Å². The van der Waals surface area contributed by atoms with Crippen LogP contribution in [0, 0.1) is 0 Å². The molecule has 7 heavy (non-hydrogen) atoms. The Morgan fingerprint density at radius 1 is 1.71 bits per heavy atom. The fourth-order valence-electron chi connectivity index (χ4n) is 0.647. The van der Waals surface area contributed by atoms with Gasteiger partial charge in [-0.3, -0.25) is 11.1 Å². The molecule has 0 radical (unpaired) electrons. The van der Waals surface area contributed by atoms with E-state index in [4.69, 9.17) is 5.73 Å². The molecule has 1 heterocycles. The fraction of sp³-hybridized carbons (Fsp3) is 1.00. The molecule has 1 saturated heterocycles. The molecule has 1 aliphatic rings. The summed E-state index contributed by atoms with van der Waals surface area (Å²) in [7, 11) is 0.532. The van der Waals surface area contributed by atoms with Gasteiger partial charge in [-0.1, -0.05) is 0 Å². The van der Waals surface area contributed by atoms with Crippen LogP contribution in [-0.4, -0.2) is 24.1 Å². The Hall–Kier alpha value is 0.270. The molecule has 42 valence electrons. The summed E-state index contributed by atoms with van der Waals surface area (Å²) >= 11 is 0. The highest BCUT2D eigenvalue weighted by Crippen LogP contribution is 1.95. The van der Waals surface area contributed by atoms with Crippen molar-refractivity contribution in [1.82, 2.24) is 5.32 Å². The lowest BCUT2D eigenvalue weighted by Crippen LogP contribution is -2.18. The summed E-state index contributed by atoms with van der Waals surface area (Å²) in [6.45, 7) is 1.18. The Kier molecular flexibility index (Phi) is 1.97. The number of rotatable bonds is 1. The van der Waals surface area contributed by atoms with Gasteiger partial charge in [-0.2, -0.15) is 0 Å². The zero-order valence-electron chi connectivity index (χ0n) is 4.31. The number of nitrogens with one attached hydrogen (secondary N) is 1. The maximum atomic E-state index is 5.41. The van der Waals surface area contributed by atoms with Crippen molar-refractivity contribution in [3.8, 4) is 0 Å².